The zero-order valence-corrected chi connectivity index (χ0v) is 14.7. The van der Waals surface area contributed by atoms with Crippen molar-refractivity contribution in [1.82, 2.24) is 19.9 Å². The molecule has 0 aromatic carbocycles. The summed E-state index contributed by atoms with van der Waals surface area (Å²) >= 11 is 1.55. The molecule has 24 heavy (non-hydrogen) atoms. The van der Waals surface area contributed by atoms with Crippen LogP contribution in [0.5, 0.6) is 0 Å². The van der Waals surface area contributed by atoms with Gasteiger partial charge in [0.15, 0.2) is 5.82 Å². The molecule has 0 spiro atoms. The van der Waals surface area contributed by atoms with E-state index in [9.17, 15) is 4.79 Å². The summed E-state index contributed by atoms with van der Waals surface area (Å²) in [7, 11) is 0. The lowest BCUT2D eigenvalue weighted by atomic mass is 10.2. The summed E-state index contributed by atoms with van der Waals surface area (Å²) in [5, 5.41) is 6.09. The largest absolute Gasteiger partial charge is 0.339 e. The van der Waals surface area contributed by atoms with Crippen molar-refractivity contribution in [2.75, 3.05) is 26.2 Å². The fourth-order valence-electron chi connectivity index (χ4n) is 3.08. The van der Waals surface area contributed by atoms with Gasteiger partial charge >= 0.3 is 0 Å². The molecule has 1 saturated heterocycles. The Labute approximate surface area is 145 Å². The van der Waals surface area contributed by atoms with Crippen molar-refractivity contribution in [2.24, 2.45) is 0 Å². The summed E-state index contributed by atoms with van der Waals surface area (Å²) < 4.78 is 5.31. The minimum absolute atomic E-state index is 0.178. The summed E-state index contributed by atoms with van der Waals surface area (Å²) in [5.74, 6) is 2.24. The third-order valence-corrected chi connectivity index (χ3v) is 5.70. The zero-order valence-electron chi connectivity index (χ0n) is 13.9. The zero-order chi connectivity index (χ0) is 16.5. The molecule has 2 aromatic rings. The van der Waals surface area contributed by atoms with Crippen LogP contribution in [0.15, 0.2) is 16.0 Å². The van der Waals surface area contributed by atoms with E-state index in [1.807, 2.05) is 10.3 Å². The first-order chi connectivity index (χ1) is 11.7. The van der Waals surface area contributed by atoms with Crippen molar-refractivity contribution in [3.63, 3.8) is 0 Å². The Morgan fingerprint density at radius 1 is 1.33 bits per heavy atom. The molecule has 0 N–H and O–H groups in total. The molecular weight excluding hydrogens is 324 g/mol. The number of hydrogen-bond acceptors (Lipinski definition) is 6. The SMILES string of the molecule is CCc1ccsc1C(=O)N1CCN(Cc2noc(C3CC3)n2)CC1. The van der Waals surface area contributed by atoms with Gasteiger partial charge in [0.1, 0.15) is 0 Å². The second kappa shape index (κ2) is 6.64. The van der Waals surface area contributed by atoms with Gasteiger partial charge in [0.25, 0.3) is 5.91 Å². The molecule has 0 radical (unpaired) electrons. The average molecular weight is 346 g/mol. The van der Waals surface area contributed by atoms with E-state index < -0.39 is 0 Å². The Morgan fingerprint density at radius 2 is 2.12 bits per heavy atom. The molecule has 3 heterocycles. The van der Waals surface area contributed by atoms with Gasteiger partial charge < -0.3 is 9.42 Å². The number of amides is 1. The van der Waals surface area contributed by atoms with Gasteiger partial charge in [-0.05, 0) is 36.3 Å². The number of nitrogens with zero attached hydrogens (tertiary/aromatic N) is 4. The molecule has 7 heteroatoms. The number of carbonyl (C=O) groups excluding carboxylic acids is 1. The number of aryl methyl sites for hydroxylation is 1. The number of hydrogen-bond donors (Lipinski definition) is 0. The molecule has 1 aliphatic heterocycles. The molecule has 128 valence electrons. The van der Waals surface area contributed by atoms with Crippen LogP contribution in [0.4, 0.5) is 0 Å². The maximum atomic E-state index is 12.7. The lowest BCUT2D eigenvalue weighted by molar-refractivity contribution is 0.0628. The van der Waals surface area contributed by atoms with Crippen molar-refractivity contribution in [1.29, 1.82) is 0 Å². The Kier molecular flexibility index (Phi) is 4.37. The number of rotatable bonds is 5. The average Bonchev–Trinajstić information content (AvgIpc) is 3.17. The van der Waals surface area contributed by atoms with Crippen LogP contribution in [-0.2, 0) is 13.0 Å². The standard InChI is InChI=1S/C17H22N4O2S/c1-2-12-5-10-24-15(12)17(22)21-8-6-20(7-9-21)11-14-18-16(23-19-14)13-3-4-13/h5,10,13H,2-4,6-9,11H2,1H3. The summed E-state index contributed by atoms with van der Waals surface area (Å²) in [6.45, 7) is 6.02. The summed E-state index contributed by atoms with van der Waals surface area (Å²) in [4.78, 5) is 22.3. The molecular formula is C17H22N4O2S. The highest BCUT2D eigenvalue weighted by atomic mass is 32.1. The first kappa shape index (κ1) is 15.8. The molecule has 1 amide bonds. The molecule has 0 atom stereocenters. The fourth-order valence-corrected chi connectivity index (χ4v) is 4.04. The van der Waals surface area contributed by atoms with Gasteiger partial charge in [-0.15, -0.1) is 11.3 Å². The lowest BCUT2D eigenvalue weighted by Gasteiger charge is -2.34. The van der Waals surface area contributed by atoms with E-state index in [1.54, 1.807) is 11.3 Å². The van der Waals surface area contributed by atoms with Crippen molar-refractivity contribution >= 4 is 17.2 Å². The first-order valence-electron chi connectivity index (χ1n) is 8.65. The fraction of sp³-hybridized carbons (Fsp3) is 0.588. The van der Waals surface area contributed by atoms with E-state index in [1.165, 1.54) is 12.8 Å². The number of thiophene rings is 1. The molecule has 2 aromatic heterocycles. The van der Waals surface area contributed by atoms with E-state index >= 15 is 0 Å². The van der Waals surface area contributed by atoms with E-state index in [-0.39, 0.29) is 5.91 Å². The quantitative estimate of drug-likeness (QED) is 0.832. The van der Waals surface area contributed by atoms with Gasteiger partial charge in [-0.25, -0.2) is 0 Å². The lowest BCUT2D eigenvalue weighted by Crippen LogP contribution is -2.48. The van der Waals surface area contributed by atoms with Gasteiger partial charge in [0, 0.05) is 32.1 Å². The maximum Gasteiger partial charge on any atom is 0.264 e. The van der Waals surface area contributed by atoms with Crippen LogP contribution in [0.2, 0.25) is 0 Å². The Hall–Kier alpha value is -1.73. The topological polar surface area (TPSA) is 62.5 Å². The number of piperazine rings is 1. The van der Waals surface area contributed by atoms with Gasteiger partial charge in [-0.3, -0.25) is 9.69 Å². The Bertz CT molecular complexity index is 714. The van der Waals surface area contributed by atoms with Crippen LogP contribution in [0.3, 0.4) is 0 Å². The highest BCUT2D eigenvalue weighted by Crippen LogP contribution is 2.38. The Balaban J connectivity index is 1.32. The van der Waals surface area contributed by atoms with Crippen molar-refractivity contribution in [2.45, 2.75) is 38.6 Å². The molecule has 0 bridgehead atoms. The molecule has 2 aliphatic rings. The maximum absolute atomic E-state index is 12.7. The third-order valence-electron chi connectivity index (χ3n) is 4.76. The monoisotopic (exact) mass is 346 g/mol. The van der Waals surface area contributed by atoms with E-state index in [0.29, 0.717) is 12.5 Å². The molecule has 4 rings (SSSR count). The smallest absolute Gasteiger partial charge is 0.264 e. The Morgan fingerprint density at radius 3 is 2.83 bits per heavy atom. The van der Waals surface area contributed by atoms with Crippen LogP contribution in [-0.4, -0.2) is 52.0 Å². The second-order valence-corrected chi connectivity index (χ2v) is 7.44. The minimum Gasteiger partial charge on any atom is -0.339 e. The number of carbonyl (C=O) groups is 1. The predicted molar refractivity (Wildman–Crippen MR) is 91.2 cm³/mol. The van der Waals surface area contributed by atoms with Crippen LogP contribution in [0, 0.1) is 0 Å². The van der Waals surface area contributed by atoms with Crippen molar-refractivity contribution < 1.29 is 9.32 Å². The molecule has 6 nitrogen and oxygen atoms in total. The molecule has 0 unspecified atom stereocenters. The van der Waals surface area contributed by atoms with Crippen LogP contribution < -0.4 is 0 Å². The molecule has 1 saturated carbocycles. The van der Waals surface area contributed by atoms with E-state index in [4.69, 9.17) is 4.52 Å². The summed E-state index contributed by atoms with van der Waals surface area (Å²) in [6, 6.07) is 2.06. The van der Waals surface area contributed by atoms with Gasteiger partial charge in [-0.1, -0.05) is 12.1 Å². The van der Waals surface area contributed by atoms with Crippen molar-refractivity contribution in [3.8, 4) is 0 Å². The van der Waals surface area contributed by atoms with Gasteiger partial charge in [0.05, 0.1) is 11.4 Å². The van der Waals surface area contributed by atoms with Gasteiger partial charge in [-0.2, -0.15) is 4.98 Å². The van der Waals surface area contributed by atoms with Crippen LogP contribution in [0.25, 0.3) is 0 Å². The summed E-state index contributed by atoms with van der Waals surface area (Å²) in [5.41, 5.74) is 1.16. The second-order valence-electron chi connectivity index (χ2n) is 6.52. The number of aromatic nitrogens is 2. The molecule has 1 aliphatic carbocycles. The van der Waals surface area contributed by atoms with Crippen LogP contribution >= 0.6 is 11.3 Å². The highest BCUT2D eigenvalue weighted by Gasteiger charge is 2.30. The minimum atomic E-state index is 0.178. The van der Waals surface area contributed by atoms with Crippen LogP contribution in [0.1, 0.15) is 52.6 Å². The predicted octanol–water partition coefficient (Wildman–Crippen LogP) is 2.53. The molecule has 2 fully saturated rings. The van der Waals surface area contributed by atoms with Crippen molar-refractivity contribution in [3.05, 3.63) is 33.6 Å². The van der Waals surface area contributed by atoms with Gasteiger partial charge in [0.2, 0.25) is 5.89 Å². The van der Waals surface area contributed by atoms with E-state index in [2.05, 4.69) is 28.0 Å². The highest BCUT2D eigenvalue weighted by molar-refractivity contribution is 7.12. The third kappa shape index (κ3) is 3.23. The first-order valence-corrected chi connectivity index (χ1v) is 9.53. The normalized spacial score (nSPS) is 19.0. The van der Waals surface area contributed by atoms with E-state index in [0.717, 1.165) is 54.8 Å². The summed E-state index contributed by atoms with van der Waals surface area (Å²) in [6.07, 6.45) is 3.25.